The average Bonchev–Trinajstić information content (AvgIpc) is 2.44. The molecule has 2 rings (SSSR count). The van der Waals surface area contributed by atoms with Crippen molar-refractivity contribution < 1.29 is 4.79 Å². The molecule has 104 valence electrons. The summed E-state index contributed by atoms with van der Waals surface area (Å²) in [6, 6.07) is 13.8. The summed E-state index contributed by atoms with van der Waals surface area (Å²) in [6.07, 6.45) is 0. The van der Waals surface area contributed by atoms with Gasteiger partial charge in [-0.1, -0.05) is 39.7 Å². The summed E-state index contributed by atoms with van der Waals surface area (Å²) in [5.74, 6) is 0.0372. The minimum absolute atomic E-state index is 0.0372. The number of aryl methyl sites for hydroxylation is 1. The van der Waals surface area contributed by atoms with Gasteiger partial charge in [-0.05, 0) is 50.6 Å². The largest absolute Gasteiger partial charge is 0.309 e. The molecule has 0 spiro atoms. The number of carbonyl (C=O) groups excluding carboxylic acids is 1. The van der Waals surface area contributed by atoms with E-state index in [9.17, 15) is 4.79 Å². The molecule has 20 heavy (non-hydrogen) atoms. The molecule has 1 amide bonds. The molecule has 0 aliphatic carbocycles. The van der Waals surface area contributed by atoms with Gasteiger partial charge in [-0.25, -0.2) is 0 Å². The van der Waals surface area contributed by atoms with Crippen molar-refractivity contribution in [2.75, 3.05) is 11.4 Å². The van der Waals surface area contributed by atoms with Gasteiger partial charge in [0.15, 0.2) is 0 Å². The second-order valence-electron chi connectivity index (χ2n) is 4.80. The van der Waals surface area contributed by atoms with E-state index in [0.29, 0.717) is 6.54 Å². The quantitative estimate of drug-likeness (QED) is 0.795. The lowest BCUT2D eigenvalue weighted by atomic mass is 10.1. The van der Waals surface area contributed by atoms with Gasteiger partial charge in [0.1, 0.15) is 0 Å². The van der Waals surface area contributed by atoms with Crippen LogP contribution in [0.4, 0.5) is 5.69 Å². The molecule has 0 bridgehead atoms. The highest BCUT2D eigenvalue weighted by molar-refractivity contribution is 9.10. The number of anilines is 1. The highest BCUT2D eigenvalue weighted by Gasteiger charge is 2.18. The van der Waals surface area contributed by atoms with E-state index >= 15 is 0 Å². The zero-order chi connectivity index (χ0) is 14.7. The van der Waals surface area contributed by atoms with Gasteiger partial charge in [0.2, 0.25) is 0 Å². The first-order chi connectivity index (χ1) is 9.54. The standard InChI is InChI=1S/C17H18BrNO/c1-4-19(14-10-8-12(2)9-11-14)17(20)15-6-5-7-16(18)13(15)3/h5-11H,4H2,1-3H3. The Balaban J connectivity index is 2.39. The number of nitrogens with zero attached hydrogens (tertiary/aromatic N) is 1. The lowest BCUT2D eigenvalue weighted by Gasteiger charge is -2.22. The number of rotatable bonds is 3. The Morgan fingerprint density at radius 2 is 1.75 bits per heavy atom. The smallest absolute Gasteiger partial charge is 0.258 e. The lowest BCUT2D eigenvalue weighted by Crippen LogP contribution is -2.31. The van der Waals surface area contributed by atoms with Crippen molar-refractivity contribution in [3.05, 3.63) is 63.6 Å². The fourth-order valence-corrected chi connectivity index (χ4v) is 2.52. The Morgan fingerprint density at radius 3 is 2.35 bits per heavy atom. The zero-order valence-corrected chi connectivity index (χ0v) is 13.6. The van der Waals surface area contributed by atoms with Crippen LogP contribution in [0.1, 0.15) is 28.4 Å². The molecule has 0 saturated heterocycles. The van der Waals surface area contributed by atoms with Gasteiger partial charge in [0.25, 0.3) is 5.91 Å². The monoisotopic (exact) mass is 331 g/mol. The SMILES string of the molecule is CCN(C(=O)c1cccc(Br)c1C)c1ccc(C)cc1. The molecule has 3 heteroatoms. The van der Waals surface area contributed by atoms with E-state index in [2.05, 4.69) is 15.9 Å². The topological polar surface area (TPSA) is 20.3 Å². The van der Waals surface area contributed by atoms with Crippen molar-refractivity contribution in [3.63, 3.8) is 0 Å². The average molecular weight is 332 g/mol. The molecule has 0 heterocycles. The molecule has 0 radical (unpaired) electrons. The van der Waals surface area contributed by atoms with Gasteiger partial charge in [-0.15, -0.1) is 0 Å². The zero-order valence-electron chi connectivity index (χ0n) is 12.0. The fourth-order valence-electron chi connectivity index (χ4n) is 2.15. The minimum atomic E-state index is 0.0372. The Labute approximate surface area is 128 Å². The molecular weight excluding hydrogens is 314 g/mol. The van der Waals surface area contributed by atoms with E-state index in [-0.39, 0.29) is 5.91 Å². The summed E-state index contributed by atoms with van der Waals surface area (Å²) in [7, 11) is 0. The highest BCUT2D eigenvalue weighted by Crippen LogP contribution is 2.23. The highest BCUT2D eigenvalue weighted by atomic mass is 79.9. The summed E-state index contributed by atoms with van der Waals surface area (Å²) in [5, 5.41) is 0. The van der Waals surface area contributed by atoms with Crippen LogP contribution in [-0.2, 0) is 0 Å². The maximum absolute atomic E-state index is 12.7. The molecule has 0 aliphatic heterocycles. The first kappa shape index (κ1) is 14.8. The molecule has 0 saturated carbocycles. The number of halogens is 1. The van der Waals surface area contributed by atoms with Crippen LogP contribution in [0, 0.1) is 13.8 Å². The second-order valence-corrected chi connectivity index (χ2v) is 5.65. The van der Waals surface area contributed by atoms with E-state index in [1.165, 1.54) is 5.56 Å². The molecular formula is C17H18BrNO. The Hall–Kier alpha value is -1.61. The fraction of sp³-hybridized carbons (Fsp3) is 0.235. The number of hydrogen-bond acceptors (Lipinski definition) is 1. The Bertz CT molecular complexity index is 619. The molecule has 0 unspecified atom stereocenters. The molecule has 0 fully saturated rings. The van der Waals surface area contributed by atoms with Crippen LogP contribution in [0.25, 0.3) is 0 Å². The number of benzene rings is 2. The summed E-state index contributed by atoms with van der Waals surface area (Å²) in [5.41, 5.74) is 3.84. The predicted octanol–water partition coefficient (Wildman–Crippen LogP) is 4.73. The second kappa shape index (κ2) is 6.23. The van der Waals surface area contributed by atoms with Gasteiger partial charge < -0.3 is 4.90 Å². The summed E-state index contributed by atoms with van der Waals surface area (Å²) >= 11 is 3.48. The maximum atomic E-state index is 12.7. The van der Waals surface area contributed by atoms with Crippen molar-refractivity contribution in [1.29, 1.82) is 0 Å². The van der Waals surface area contributed by atoms with Crippen LogP contribution in [0.15, 0.2) is 46.9 Å². The van der Waals surface area contributed by atoms with Crippen molar-refractivity contribution in [3.8, 4) is 0 Å². The third-order valence-corrected chi connectivity index (χ3v) is 4.26. The van der Waals surface area contributed by atoms with Crippen LogP contribution in [0.5, 0.6) is 0 Å². The third kappa shape index (κ3) is 2.93. The van der Waals surface area contributed by atoms with E-state index in [4.69, 9.17) is 0 Å². The van der Waals surface area contributed by atoms with E-state index in [1.54, 1.807) is 4.90 Å². The van der Waals surface area contributed by atoms with Crippen LogP contribution < -0.4 is 4.90 Å². The van der Waals surface area contributed by atoms with Crippen molar-refractivity contribution in [1.82, 2.24) is 0 Å². The molecule has 0 aromatic heterocycles. The molecule has 0 N–H and O–H groups in total. The predicted molar refractivity (Wildman–Crippen MR) is 87.4 cm³/mol. The molecule has 0 aliphatic rings. The number of amides is 1. The van der Waals surface area contributed by atoms with Gasteiger partial charge in [0.05, 0.1) is 0 Å². The van der Waals surface area contributed by atoms with Gasteiger partial charge in [-0.2, -0.15) is 0 Å². The van der Waals surface area contributed by atoms with Crippen LogP contribution in [0.2, 0.25) is 0 Å². The summed E-state index contributed by atoms with van der Waals surface area (Å²) < 4.78 is 0.961. The van der Waals surface area contributed by atoms with E-state index in [0.717, 1.165) is 21.3 Å². The number of carbonyl (C=O) groups is 1. The van der Waals surface area contributed by atoms with Crippen LogP contribution in [-0.4, -0.2) is 12.5 Å². The van der Waals surface area contributed by atoms with Crippen molar-refractivity contribution >= 4 is 27.5 Å². The van der Waals surface area contributed by atoms with Gasteiger partial charge >= 0.3 is 0 Å². The Kier molecular flexibility index (Phi) is 4.61. The molecule has 0 atom stereocenters. The first-order valence-electron chi connectivity index (χ1n) is 6.68. The van der Waals surface area contributed by atoms with Gasteiger partial charge in [0, 0.05) is 22.3 Å². The van der Waals surface area contributed by atoms with Gasteiger partial charge in [-0.3, -0.25) is 4.79 Å². The maximum Gasteiger partial charge on any atom is 0.258 e. The lowest BCUT2D eigenvalue weighted by molar-refractivity contribution is 0.0987. The normalized spacial score (nSPS) is 10.4. The third-order valence-electron chi connectivity index (χ3n) is 3.41. The van der Waals surface area contributed by atoms with Crippen LogP contribution in [0.3, 0.4) is 0 Å². The van der Waals surface area contributed by atoms with E-state index < -0.39 is 0 Å². The minimum Gasteiger partial charge on any atom is -0.309 e. The number of hydrogen-bond donors (Lipinski definition) is 0. The first-order valence-corrected chi connectivity index (χ1v) is 7.47. The molecule has 2 nitrogen and oxygen atoms in total. The van der Waals surface area contributed by atoms with E-state index in [1.807, 2.05) is 63.2 Å². The Morgan fingerprint density at radius 1 is 1.10 bits per heavy atom. The summed E-state index contributed by atoms with van der Waals surface area (Å²) in [6.45, 7) is 6.64. The van der Waals surface area contributed by atoms with Crippen molar-refractivity contribution in [2.24, 2.45) is 0 Å². The van der Waals surface area contributed by atoms with Crippen LogP contribution >= 0.6 is 15.9 Å². The summed E-state index contributed by atoms with van der Waals surface area (Å²) in [4.78, 5) is 14.5. The van der Waals surface area contributed by atoms with Crippen molar-refractivity contribution in [2.45, 2.75) is 20.8 Å². The molecule has 2 aromatic rings. The molecule has 2 aromatic carbocycles.